The number of hydrogen-bond donors (Lipinski definition) is 2. The summed E-state index contributed by atoms with van der Waals surface area (Å²) in [6.45, 7) is 6.65. The first-order valence-electron chi connectivity index (χ1n) is 7.63. The molecule has 1 aromatic rings. The molecule has 2 heterocycles. The van der Waals surface area contributed by atoms with E-state index in [1.807, 2.05) is 6.92 Å². The third-order valence-electron chi connectivity index (χ3n) is 3.62. The second kappa shape index (κ2) is 7.93. The van der Waals surface area contributed by atoms with Gasteiger partial charge in [-0.15, -0.1) is 0 Å². The van der Waals surface area contributed by atoms with E-state index in [0.717, 1.165) is 26.2 Å². The molecule has 1 aliphatic heterocycles. The lowest BCUT2D eigenvalue weighted by molar-refractivity contribution is 0.232. The van der Waals surface area contributed by atoms with Gasteiger partial charge in [0.25, 0.3) is 10.0 Å². The van der Waals surface area contributed by atoms with E-state index in [2.05, 4.69) is 14.9 Å². The van der Waals surface area contributed by atoms with E-state index in [4.69, 9.17) is 4.42 Å². The van der Waals surface area contributed by atoms with Crippen LogP contribution in [0.25, 0.3) is 0 Å². The molecule has 0 bridgehead atoms. The molecule has 0 saturated carbocycles. The van der Waals surface area contributed by atoms with E-state index in [0.29, 0.717) is 18.8 Å². The molecule has 2 rings (SSSR count). The molecule has 2 N–H and O–H groups in total. The zero-order chi connectivity index (χ0) is 15.1. The minimum Gasteiger partial charge on any atom is -0.447 e. The van der Waals surface area contributed by atoms with Crippen LogP contribution in [-0.4, -0.2) is 46.0 Å². The molecule has 0 atom stereocenters. The number of hydrogen-bond acceptors (Lipinski definition) is 5. The van der Waals surface area contributed by atoms with E-state index in [1.54, 1.807) is 6.07 Å². The van der Waals surface area contributed by atoms with Crippen LogP contribution < -0.4 is 10.0 Å². The molecule has 0 radical (unpaired) electrons. The SMILES string of the molecule is CCNCc1ccc(S(=O)(=O)NCCN2CCCCC2)o1. The van der Waals surface area contributed by atoms with Gasteiger partial charge < -0.3 is 14.6 Å². The largest absolute Gasteiger partial charge is 0.447 e. The van der Waals surface area contributed by atoms with Gasteiger partial charge in [0.2, 0.25) is 5.09 Å². The zero-order valence-electron chi connectivity index (χ0n) is 12.6. The van der Waals surface area contributed by atoms with Crippen molar-refractivity contribution in [3.63, 3.8) is 0 Å². The van der Waals surface area contributed by atoms with Gasteiger partial charge in [0.05, 0.1) is 6.54 Å². The van der Waals surface area contributed by atoms with Crippen molar-refractivity contribution in [2.75, 3.05) is 32.7 Å². The van der Waals surface area contributed by atoms with Crippen molar-refractivity contribution in [1.82, 2.24) is 14.9 Å². The maximum Gasteiger partial charge on any atom is 0.274 e. The second-order valence-electron chi connectivity index (χ2n) is 5.30. The Bertz CT molecular complexity index is 521. The normalized spacial score (nSPS) is 17.2. The molecule has 0 amide bonds. The molecule has 1 aromatic heterocycles. The maximum atomic E-state index is 12.1. The summed E-state index contributed by atoms with van der Waals surface area (Å²) in [6.07, 6.45) is 3.70. The Hall–Kier alpha value is -0.890. The molecule has 1 fully saturated rings. The molecule has 1 aliphatic rings. The minimum atomic E-state index is -3.54. The van der Waals surface area contributed by atoms with Crippen LogP contribution in [0.1, 0.15) is 31.9 Å². The summed E-state index contributed by atoms with van der Waals surface area (Å²) in [6, 6.07) is 3.21. The van der Waals surface area contributed by atoms with E-state index < -0.39 is 10.0 Å². The van der Waals surface area contributed by atoms with Crippen LogP contribution in [-0.2, 0) is 16.6 Å². The molecular weight excluding hydrogens is 290 g/mol. The van der Waals surface area contributed by atoms with E-state index >= 15 is 0 Å². The number of nitrogens with one attached hydrogen (secondary N) is 2. The van der Waals surface area contributed by atoms with Crippen LogP contribution in [0.3, 0.4) is 0 Å². The first-order chi connectivity index (χ1) is 10.1. The predicted molar refractivity (Wildman–Crippen MR) is 81.6 cm³/mol. The van der Waals surface area contributed by atoms with Crippen LogP contribution in [0, 0.1) is 0 Å². The van der Waals surface area contributed by atoms with Gasteiger partial charge in [-0.05, 0) is 44.6 Å². The molecule has 21 heavy (non-hydrogen) atoms. The lowest BCUT2D eigenvalue weighted by Gasteiger charge is -2.26. The summed E-state index contributed by atoms with van der Waals surface area (Å²) in [7, 11) is -3.54. The number of likely N-dealkylation sites (tertiary alicyclic amines) is 1. The lowest BCUT2D eigenvalue weighted by Crippen LogP contribution is -2.37. The topological polar surface area (TPSA) is 74.6 Å². The highest BCUT2D eigenvalue weighted by Crippen LogP contribution is 2.13. The molecule has 6 nitrogen and oxygen atoms in total. The molecule has 120 valence electrons. The highest BCUT2D eigenvalue weighted by Gasteiger charge is 2.19. The van der Waals surface area contributed by atoms with Gasteiger partial charge in [0, 0.05) is 13.1 Å². The average molecular weight is 315 g/mol. The predicted octanol–water partition coefficient (Wildman–Crippen LogP) is 1.15. The summed E-state index contributed by atoms with van der Waals surface area (Å²) < 4.78 is 32.2. The summed E-state index contributed by atoms with van der Waals surface area (Å²) in [5.41, 5.74) is 0. The number of nitrogens with zero attached hydrogens (tertiary/aromatic N) is 1. The fraction of sp³-hybridized carbons (Fsp3) is 0.714. The van der Waals surface area contributed by atoms with Gasteiger partial charge >= 0.3 is 0 Å². The molecule has 0 aromatic carbocycles. The Kier molecular flexibility index (Phi) is 6.22. The van der Waals surface area contributed by atoms with Crippen LogP contribution in [0.15, 0.2) is 21.6 Å². The Labute approximate surface area is 126 Å². The molecule has 0 unspecified atom stereocenters. The third-order valence-corrected chi connectivity index (χ3v) is 4.95. The van der Waals surface area contributed by atoms with Crippen molar-refractivity contribution in [2.24, 2.45) is 0 Å². The first kappa shape index (κ1) is 16.5. The summed E-state index contributed by atoms with van der Waals surface area (Å²) >= 11 is 0. The summed E-state index contributed by atoms with van der Waals surface area (Å²) in [5.74, 6) is 0.633. The van der Waals surface area contributed by atoms with Crippen molar-refractivity contribution in [1.29, 1.82) is 0 Å². The number of sulfonamides is 1. The number of rotatable bonds is 8. The summed E-state index contributed by atoms with van der Waals surface area (Å²) in [4.78, 5) is 2.30. The van der Waals surface area contributed by atoms with Crippen LogP contribution in [0.5, 0.6) is 0 Å². The zero-order valence-corrected chi connectivity index (χ0v) is 13.4. The second-order valence-corrected chi connectivity index (χ2v) is 7.00. The van der Waals surface area contributed by atoms with Gasteiger partial charge in [0.1, 0.15) is 5.76 Å². The number of furan rings is 1. The fourth-order valence-corrected chi connectivity index (χ4v) is 3.40. The minimum absolute atomic E-state index is 0.00551. The highest BCUT2D eigenvalue weighted by molar-refractivity contribution is 7.89. The van der Waals surface area contributed by atoms with Gasteiger partial charge in [-0.3, -0.25) is 0 Å². The quantitative estimate of drug-likeness (QED) is 0.753. The molecule has 7 heteroatoms. The summed E-state index contributed by atoms with van der Waals surface area (Å²) in [5, 5.41) is 3.09. The van der Waals surface area contributed by atoms with Gasteiger partial charge in [-0.2, -0.15) is 0 Å². The first-order valence-corrected chi connectivity index (χ1v) is 9.11. The lowest BCUT2D eigenvalue weighted by atomic mass is 10.1. The fourth-order valence-electron chi connectivity index (χ4n) is 2.44. The number of piperidine rings is 1. The van der Waals surface area contributed by atoms with Gasteiger partial charge in [-0.1, -0.05) is 13.3 Å². The van der Waals surface area contributed by atoms with Crippen molar-refractivity contribution in [3.05, 3.63) is 17.9 Å². The molecule has 1 saturated heterocycles. The monoisotopic (exact) mass is 315 g/mol. The van der Waals surface area contributed by atoms with Crippen molar-refractivity contribution in [2.45, 2.75) is 37.8 Å². The van der Waals surface area contributed by atoms with Gasteiger partial charge in [-0.25, -0.2) is 13.1 Å². The van der Waals surface area contributed by atoms with E-state index in [-0.39, 0.29) is 5.09 Å². The van der Waals surface area contributed by atoms with Gasteiger partial charge in [0.15, 0.2) is 0 Å². The standard InChI is InChI=1S/C14H25N3O3S/c1-2-15-12-13-6-7-14(20-13)21(18,19)16-8-11-17-9-4-3-5-10-17/h6-7,15-16H,2-5,8-12H2,1H3. The molecule has 0 spiro atoms. The van der Waals surface area contributed by atoms with Crippen molar-refractivity contribution in [3.8, 4) is 0 Å². The average Bonchev–Trinajstić information content (AvgIpc) is 2.96. The van der Waals surface area contributed by atoms with E-state index in [1.165, 1.54) is 25.3 Å². The van der Waals surface area contributed by atoms with Crippen LogP contribution in [0.2, 0.25) is 0 Å². The molecule has 0 aliphatic carbocycles. The Morgan fingerprint density at radius 2 is 2.00 bits per heavy atom. The third kappa shape index (κ3) is 5.10. The van der Waals surface area contributed by atoms with Crippen molar-refractivity contribution < 1.29 is 12.8 Å². The van der Waals surface area contributed by atoms with E-state index in [9.17, 15) is 8.42 Å². The van der Waals surface area contributed by atoms with Crippen molar-refractivity contribution >= 4 is 10.0 Å². The smallest absolute Gasteiger partial charge is 0.274 e. The van der Waals surface area contributed by atoms with Crippen LogP contribution in [0.4, 0.5) is 0 Å². The van der Waals surface area contributed by atoms with Crippen LogP contribution >= 0.6 is 0 Å². The molecular formula is C14H25N3O3S. The Morgan fingerprint density at radius 3 is 2.71 bits per heavy atom. The maximum absolute atomic E-state index is 12.1. The Morgan fingerprint density at radius 1 is 1.24 bits per heavy atom. The Balaban J connectivity index is 1.81. The highest BCUT2D eigenvalue weighted by atomic mass is 32.2.